The van der Waals surface area contributed by atoms with Crippen molar-refractivity contribution in [2.24, 2.45) is 0 Å². The molecule has 0 aliphatic heterocycles. The summed E-state index contributed by atoms with van der Waals surface area (Å²) in [4.78, 5) is 23.3. The average molecular weight is 357 g/mol. The van der Waals surface area contributed by atoms with Crippen LogP contribution in [0.5, 0.6) is 0 Å². The van der Waals surface area contributed by atoms with Crippen LogP contribution >= 0.6 is 11.8 Å². The molecule has 4 nitrogen and oxygen atoms in total. The molecule has 0 fully saturated rings. The molecule has 1 amide bonds. The second-order valence-corrected chi connectivity index (χ2v) is 6.94. The highest BCUT2D eigenvalue weighted by Gasteiger charge is 2.06. The van der Waals surface area contributed by atoms with Crippen LogP contribution in [0, 0.1) is 13.8 Å². The number of methoxy groups -OCH3 is 1. The first-order valence-corrected chi connectivity index (χ1v) is 9.22. The Labute approximate surface area is 153 Å². The first-order chi connectivity index (χ1) is 12.0. The molecule has 5 heteroatoms. The Kier molecular flexibility index (Phi) is 7.07. The lowest BCUT2D eigenvalue weighted by Gasteiger charge is -2.07. The molecule has 0 unspecified atom stereocenters. The Morgan fingerprint density at radius 2 is 1.64 bits per heavy atom. The lowest BCUT2D eigenvalue weighted by molar-refractivity contribution is -0.118. The van der Waals surface area contributed by atoms with E-state index in [1.54, 1.807) is 23.9 Å². The Morgan fingerprint density at radius 1 is 1.00 bits per heavy atom. The number of esters is 1. The minimum Gasteiger partial charge on any atom is -0.465 e. The minimum atomic E-state index is -0.363. The quantitative estimate of drug-likeness (QED) is 0.769. The van der Waals surface area contributed by atoms with E-state index in [0.29, 0.717) is 17.9 Å². The number of benzene rings is 2. The number of amides is 1. The zero-order valence-electron chi connectivity index (χ0n) is 14.8. The van der Waals surface area contributed by atoms with Crippen LogP contribution in [0.25, 0.3) is 0 Å². The molecule has 0 spiro atoms. The van der Waals surface area contributed by atoms with Crippen molar-refractivity contribution in [1.82, 2.24) is 5.32 Å². The van der Waals surface area contributed by atoms with Gasteiger partial charge < -0.3 is 10.1 Å². The number of hydrogen-bond acceptors (Lipinski definition) is 4. The highest BCUT2D eigenvalue weighted by Crippen LogP contribution is 2.15. The molecule has 0 atom stereocenters. The molecule has 0 bridgehead atoms. The van der Waals surface area contributed by atoms with Gasteiger partial charge in [-0.05, 0) is 37.1 Å². The topological polar surface area (TPSA) is 55.4 Å². The normalized spacial score (nSPS) is 10.4. The van der Waals surface area contributed by atoms with Crippen molar-refractivity contribution < 1.29 is 14.3 Å². The van der Waals surface area contributed by atoms with Gasteiger partial charge in [0.05, 0.1) is 18.4 Å². The van der Waals surface area contributed by atoms with Gasteiger partial charge in [-0.2, -0.15) is 0 Å². The summed E-state index contributed by atoms with van der Waals surface area (Å²) in [6.07, 6.45) is 0. The molecule has 2 aromatic carbocycles. The Bertz CT molecular complexity index is 721. The zero-order chi connectivity index (χ0) is 18.2. The van der Waals surface area contributed by atoms with Crippen LogP contribution < -0.4 is 5.32 Å². The van der Waals surface area contributed by atoms with Crippen molar-refractivity contribution in [3.63, 3.8) is 0 Å². The lowest BCUT2D eigenvalue weighted by Crippen LogP contribution is -2.24. The van der Waals surface area contributed by atoms with Crippen LogP contribution in [0.4, 0.5) is 0 Å². The van der Waals surface area contributed by atoms with E-state index in [2.05, 4.69) is 42.1 Å². The van der Waals surface area contributed by atoms with Crippen LogP contribution in [-0.4, -0.2) is 24.7 Å². The van der Waals surface area contributed by atoms with Crippen LogP contribution in [0.2, 0.25) is 0 Å². The molecule has 2 aromatic rings. The van der Waals surface area contributed by atoms with Crippen LogP contribution in [0.1, 0.15) is 32.6 Å². The molecular weight excluding hydrogens is 334 g/mol. The predicted octanol–water partition coefficient (Wildman–Crippen LogP) is 3.64. The molecule has 0 aliphatic rings. The third-order valence-corrected chi connectivity index (χ3v) is 4.65. The number of carbonyl (C=O) groups is 2. The first kappa shape index (κ1) is 19.1. The van der Waals surface area contributed by atoms with Gasteiger partial charge in [0.25, 0.3) is 0 Å². The molecule has 0 aromatic heterocycles. The molecule has 0 heterocycles. The summed E-state index contributed by atoms with van der Waals surface area (Å²) in [5, 5.41) is 2.89. The van der Waals surface area contributed by atoms with E-state index in [1.165, 1.54) is 23.8 Å². The van der Waals surface area contributed by atoms with Crippen LogP contribution in [0.15, 0.2) is 42.5 Å². The smallest absolute Gasteiger partial charge is 0.337 e. The second-order valence-electron chi connectivity index (χ2n) is 5.95. The van der Waals surface area contributed by atoms with Gasteiger partial charge in [-0.15, -0.1) is 11.8 Å². The van der Waals surface area contributed by atoms with Crippen molar-refractivity contribution in [2.75, 3.05) is 12.9 Å². The van der Waals surface area contributed by atoms with Gasteiger partial charge in [-0.1, -0.05) is 41.5 Å². The summed E-state index contributed by atoms with van der Waals surface area (Å²) in [6.45, 7) is 4.61. The number of nitrogens with one attached hydrogen (secondary N) is 1. The molecule has 0 aliphatic carbocycles. The standard InChI is InChI=1S/C20H23NO3S/c1-14-8-15(2)10-17(9-14)12-25-13-19(22)21-11-16-4-6-18(7-5-16)20(23)24-3/h4-10H,11-13H2,1-3H3,(H,21,22). The van der Waals surface area contributed by atoms with E-state index < -0.39 is 0 Å². The fourth-order valence-electron chi connectivity index (χ4n) is 2.54. The molecule has 0 radical (unpaired) electrons. The second kappa shape index (κ2) is 9.28. The maximum absolute atomic E-state index is 12.0. The Morgan fingerprint density at radius 3 is 2.24 bits per heavy atom. The van der Waals surface area contributed by atoms with E-state index in [0.717, 1.165) is 11.3 Å². The molecule has 0 saturated carbocycles. The maximum atomic E-state index is 12.0. The highest BCUT2D eigenvalue weighted by atomic mass is 32.2. The van der Waals surface area contributed by atoms with Crippen molar-refractivity contribution in [1.29, 1.82) is 0 Å². The van der Waals surface area contributed by atoms with E-state index in [-0.39, 0.29) is 11.9 Å². The monoisotopic (exact) mass is 357 g/mol. The van der Waals surface area contributed by atoms with Gasteiger partial charge in [-0.3, -0.25) is 4.79 Å². The molecular formula is C20H23NO3S. The Balaban J connectivity index is 1.74. The Hall–Kier alpha value is -2.27. The van der Waals surface area contributed by atoms with Gasteiger partial charge in [0.15, 0.2) is 0 Å². The van der Waals surface area contributed by atoms with Crippen molar-refractivity contribution in [3.8, 4) is 0 Å². The molecule has 25 heavy (non-hydrogen) atoms. The fourth-order valence-corrected chi connectivity index (χ4v) is 3.33. The van der Waals surface area contributed by atoms with Crippen molar-refractivity contribution >= 4 is 23.6 Å². The summed E-state index contributed by atoms with van der Waals surface area (Å²) in [5.41, 5.74) is 5.18. The highest BCUT2D eigenvalue weighted by molar-refractivity contribution is 7.99. The molecule has 0 saturated heterocycles. The number of rotatable bonds is 7. The van der Waals surface area contributed by atoms with Crippen molar-refractivity contribution in [3.05, 3.63) is 70.3 Å². The number of aryl methyl sites for hydroxylation is 2. The minimum absolute atomic E-state index is 0.00594. The van der Waals surface area contributed by atoms with E-state index in [9.17, 15) is 9.59 Å². The van der Waals surface area contributed by atoms with Crippen LogP contribution in [0.3, 0.4) is 0 Å². The van der Waals surface area contributed by atoms with Crippen molar-refractivity contribution in [2.45, 2.75) is 26.1 Å². The van der Waals surface area contributed by atoms with Crippen LogP contribution in [-0.2, 0) is 21.8 Å². The van der Waals surface area contributed by atoms with Gasteiger partial charge >= 0.3 is 5.97 Å². The first-order valence-electron chi connectivity index (χ1n) is 8.07. The van der Waals surface area contributed by atoms with E-state index in [4.69, 9.17) is 0 Å². The summed E-state index contributed by atoms with van der Waals surface area (Å²) in [6, 6.07) is 13.5. The SMILES string of the molecule is COC(=O)c1ccc(CNC(=O)CSCc2cc(C)cc(C)c2)cc1. The molecule has 132 valence electrons. The number of thioether (sulfide) groups is 1. The van der Waals surface area contributed by atoms with Gasteiger partial charge in [0.1, 0.15) is 0 Å². The fraction of sp³-hybridized carbons (Fsp3) is 0.300. The summed E-state index contributed by atoms with van der Waals surface area (Å²) >= 11 is 1.60. The third kappa shape index (κ3) is 6.27. The van der Waals surface area contributed by atoms with E-state index >= 15 is 0 Å². The van der Waals surface area contributed by atoms with E-state index in [1.807, 2.05) is 12.1 Å². The zero-order valence-corrected chi connectivity index (χ0v) is 15.6. The third-order valence-electron chi connectivity index (χ3n) is 3.65. The predicted molar refractivity (Wildman–Crippen MR) is 102 cm³/mol. The van der Waals surface area contributed by atoms with Gasteiger partial charge in [0, 0.05) is 12.3 Å². The largest absolute Gasteiger partial charge is 0.465 e. The van der Waals surface area contributed by atoms with Gasteiger partial charge in [-0.25, -0.2) is 4.79 Å². The van der Waals surface area contributed by atoms with Gasteiger partial charge in [0.2, 0.25) is 5.91 Å². The summed E-state index contributed by atoms with van der Waals surface area (Å²) in [7, 11) is 1.35. The summed E-state index contributed by atoms with van der Waals surface area (Å²) < 4.78 is 4.66. The number of ether oxygens (including phenoxy) is 1. The number of hydrogen-bond donors (Lipinski definition) is 1. The molecule has 1 N–H and O–H groups in total. The summed E-state index contributed by atoms with van der Waals surface area (Å²) in [5.74, 6) is 0.890. The average Bonchev–Trinajstić information content (AvgIpc) is 2.59. The number of carbonyl (C=O) groups excluding carboxylic acids is 2. The maximum Gasteiger partial charge on any atom is 0.337 e. The lowest BCUT2D eigenvalue weighted by atomic mass is 10.1. The molecule has 2 rings (SSSR count).